The van der Waals surface area contributed by atoms with E-state index in [1.54, 1.807) is 0 Å². The molecular weight excluding hydrogens is 624 g/mol. The molecule has 0 amide bonds. The average molecular weight is 697 g/mol. The van der Waals surface area contributed by atoms with E-state index in [0.717, 1.165) is 70.6 Å². The second kappa shape index (κ2) is 38.6. The first-order valence-electron chi connectivity index (χ1n) is 20.0. The molecule has 0 N–H and O–H groups in total. The molecule has 284 valence electrons. The average Bonchev–Trinajstić information content (AvgIpc) is 3.11. The van der Waals surface area contributed by atoms with Crippen molar-refractivity contribution in [3.8, 4) is 0 Å². The molecule has 50 heavy (non-hydrogen) atoms. The van der Waals surface area contributed by atoms with Gasteiger partial charge in [0.15, 0.2) is 6.10 Å². The van der Waals surface area contributed by atoms with Crippen molar-refractivity contribution in [3.63, 3.8) is 0 Å². The molecule has 0 aromatic carbocycles. The molecule has 1 unspecified atom stereocenters. The Balaban J connectivity index is 4.53. The molecule has 0 aliphatic rings. The minimum Gasteiger partial charge on any atom is -0.462 e. The fraction of sp³-hybridized carbons (Fsp3) is 0.659. The van der Waals surface area contributed by atoms with E-state index in [2.05, 4.69) is 39.0 Å². The number of carbonyl (C=O) groups excluding carboxylic acids is 3. The summed E-state index contributed by atoms with van der Waals surface area (Å²) in [6, 6.07) is 0. The zero-order valence-corrected chi connectivity index (χ0v) is 32.1. The molecule has 0 aromatic rings. The Morgan fingerprint density at radius 3 is 1.40 bits per heavy atom. The summed E-state index contributed by atoms with van der Waals surface area (Å²) in [4.78, 5) is 37.4. The van der Waals surface area contributed by atoms with E-state index in [-0.39, 0.29) is 37.5 Å². The first kappa shape index (κ1) is 46.9. The van der Waals surface area contributed by atoms with Crippen LogP contribution in [-0.2, 0) is 28.6 Å². The summed E-state index contributed by atoms with van der Waals surface area (Å²) in [7, 11) is 0. The summed E-state index contributed by atoms with van der Waals surface area (Å²) in [5, 5.41) is 0. The summed E-state index contributed by atoms with van der Waals surface area (Å²) < 4.78 is 16.5. The number of hydrogen-bond acceptors (Lipinski definition) is 6. The molecule has 0 aliphatic carbocycles. The lowest BCUT2D eigenvalue weighted by molar-refractivity contribution is -0.167. The molecular formula is C44H72O6. The van der Waals surface area contributed by atoms with Crippen molar-refractivity contribution in [3.05, 3.63) is 72.9 Å². The first-order chi connectivity index (χ1) is 24.5. The molecule has 0 heterocycles. The van der Waals surface area contributed by atoms with Crippen molar-refractivity contribution in [1.29, 1.82) is 0 Å². The van der Waals surface area contributed by atoms with Gasteiger partial charge in [0.25, 0.3) is 0 Å². The van der Waals surface area contributed by atoms with Gasteiger partial charge in [-0.1, -0.05) is 171 Å². The topological polar surface area (TPSA) is 78.9 Å². The lowest BCUT2D eigenvalue weighted by atomic mass is 10.1. The summed E-state index contributed by atoms with van der Waals surface area (Å²) in [6.07, 6.45) is 46.1. The summed E-state index contributed by atoms with van der Waals surface area (Å²) in [5.74, 6) is -1.01. The predicted octanol–water partition coefficient (Wildman–Crippen LogP) is 12.4. The van der Waals surface area contributed by atoms with E-state index in [0.29, 0.717) is 19.3 Å². The van der Waals surface area contributed by atoms with Crippen molar-refractivity contribution in [2.75, 3.05) is 13.2 Å². The largest absolute Gasteiger partial charge is 0.462 e. The van der Waals surface area contributed by atoms with Gasteiger partial charge in [0.2, 0.25) is 0 Å². The SMILES string of the molecule is CC\C=C/C=C\C=C/C=C\C=C/CCCC(=O)OCC(COC(=O)CCCCCCCCCCC)OC(=O)CCCCCC/C=C\CCCC. The minimum absolute atomic E-state index is 0.103. The van der Waals surface area contributed by atoms with Crippen molar-refractivity contribution in [2.24, 2.45) is 0 Å². The van der Waals surface area contributed by atoms with Crippen LogP contribution in [0.1, 0.15) is 168 Å². The van der Waals surface area contributed by atoms with Gasteiger partial charge in [0.05, 0.1) is 0 Å². The van der Waals surface area contributed by atoms with Crippen molar-refractivity contribution in [1.82, 2.24) is 0 Å². The van der Waals surface area contributed by atoms with Crippen LogP contribution in [0.15, 0.2) is 72.9 Å². The van der Waals surface area contributed by atoms with E-state index >= 15 is 0 Å². The van der Waals surface area contributed by atoms with E-state index in [1.165, 1.54) is 51.4 Å². The molecule has 0 bridgehead atoms. The Bertz CT molecular complexity index is 986. The number of ether oxygens (including phenoxy) is 3. The molecule has 0 aliphatic heterocycles. The van der Waals surface area contributed by atoms with E-state index in [9.17, 15) is 14.4 Å². The van der Waals surface area contributed by atoms with Gasteiger partial charge in [-0.3, -0.25) is 14.4 Å². The van der Waals surface area contributed by atoms with Crippen LogP contribution in [0, 0.1) is 0 Å². The Hall–Kier alpha value is -3.15. The van der Waals surface area contributed by atoms with Gasteiger partial charge in [-0.25, -0.2) is 0 Å². The van der Waals surface area contributed by atoms with Crippen LogP contribution in [0.5, 0.6) is 0 Å². The smallest absolute Gasteiger partial charge is 0.306 e. The number of rotatable bonds is 34. The first-order valence-corrected chi connectivity index (χ1v) is 20.0. The Labute approximate surface area is 306 Å². The van der Waals surface area contributed by atoms with Gasteiger partial charge in [-0.2, -0.15) is 0 Å². The second-order valence-electron chi connectivity index (χ2n) is 12.9. The Kier molecular flexibility index (Phi) is 36.2. The molecule has 0 fully saturated rings. The van der Waals surface area contributed by atoms with Crippen LogP contribution in [0.2, 0.25) is 0 Å². The highest BCUT2D eigenvalue weighted by molar-refractivity contribution is 5.71. The van der Waals surface area contributed by atoms with Gasteiger partial charge >= 0.3 is 17.9 Å². The third-order valence-corrected chi connectivity index (χ3v) is 8.07. The number of carbonyl (C=O) groups is 3. The fourth-order valence-corrected chi connectivity index (χ4v) is 5.04. The van der Waals surface area contributed by atoms with Gasteiger partial charge in [0.1, 0.15) is 13.2 Å². The molecule has 0 radical (unpaired) electrons. The summed E-state index contributed by atoms with van der Waals surface area (Å²) in [5.41, 5.74) is 0. The quantitative estimate of drug-likeness (QED) is 0.0219. The zero-order chi connectivity index (χ0) is 36.6. The summed E-state index contributed by atoms with van der Waals surface area (Å²) in [6.45, 7) is 6.31. The highest BCUT2D eigenvalue weighted by atomic mass is 16.6. The maximum absolute atomic E-state index is 12.6. The monoisotopic (exact) mass is 697 g/mol. The van der Waals surface area contributed by atoms with Crippen molar-refractivity contribution < 1.29 is 28.6 Å². The molecule has 0 rings (SSSR count). The molecule has 0 saturated heterocycles. The standard InChI is InChI=1S/C44H72O6/c1-4-7-10-13-16-19-21-22-23-26-28-31-34-37-43(46)49-40-41(39-48-42(45)36-33-30-27-24-18-15-12-9-6-3)50-44(47)38-35-32-29-25-20-17-14-11-8-5-2/h7,10,13-14,16-17,19,21-23,26,28,41H,4-6,8-9,11-12,15,18,20,24-25,27,29-40H2,1-3H3/b10-7-,16-13-,17-14-,21-19-,23-22-,28-26-. The molecule has 0 spiro atoms. The van der Waals surface area contributed by atoms with Gasteiger partial charge in [0, 0.05) is 19.3 Å². The van der Waals surface area contributed by atoms with E-state index in [1.807, 2.05) is 54.7 Å². The predicted molar refractivity (Wildman–Crippen MR) is 210 cm³/mol. The van der Waals surface area contributed by atoms with Gasteiger partial charge < -0.3 is 14.2 Å². The van der Waals surface area contributed by atoms with Crippen LogP contribution in [0.4, 0.5) is 0 Å². The molecule has 6 heteroatoms. The van der Waals surface area contributed by atoms with Crippen LogP contribution in [0.25, 0.3) is 0 Å². The highest BCUT2D eigenvalue weighted by Crippen LogP contribution is 2.12. The number of unbranched alkanes of at least 4 members (excludes halogenated alkanes) is 15. The van der Waals surface area contributed by atoms with Crippen molar-refractivity contribution in [2.45, 2.75) is 175 Å². The summed E-state index contributed by atoms with van der Waals surface area (Å²) >= 11 is 0. The van der Waals surface area contributed by atoms with Crippen LogP contribution in [0.3, 0.4) is 0 Å². The van der Waals surface area contributed by atoms with E-state index in [4.69, 9.17) is 14.2 Å². The Morgan fingerprint density at radius 1 is 0.420 bits per heavy atom. The van der Waals surface area contributed by atoms with Gasteiger partial charge in [-0.15, -0.1) is 0 Å². The maximum atomic E-state index is 12.6. The lowest BCUT2D eigenvalue weighted by Gasteiger charge is -2.18. The highest BCUT2D eigenvalue weighted by Gasteiger charge is 2.19. The van der Waals surface area contributed by atoms with Crippen molar-refractivity contribution >= 4 is 17.9 Å². The van der Waals surface area contributed by atoms with Gasteiger partial charge in [-0.05, 0) is 51.4 Å². The minimum atomic E-state index is -0.803. The molecule has 0 aromatic heterocycles. The van der Waals surface area contributed by atoms with Crippen LogP contribution >= 0.6 is 0 Å². The molecule has 6 nitrogen and oxygen atoms in total. The fourth-order valence-electron chi connectivity index (χ4n) is 5.04. The number of hydrogen-bond donors (Lipinski definition) is 0. The third kappa shape index (κ3) is 36.1. The zero-order valence-electron chi connectivity index (χ0n) is 32.1. The van der Waals surface area contributed by atoms with E-state index < -0.39 is 6.10 Å². The van der Waals surface area contributed by atoms with Crippen LogP contribution < -0.4 is 0 Å². The molecule has 1 atom stereocenters. The Morgan fingerprint density at radius 2 is 0.840 bits per heavy atom. The lowest BCUT2D eigenvalue weighted by Crippen LogP contribution is -2.30. The third-order valence-electron chi connectivity index (χ3n) is 8.07. The second-order valence-corrected chi connectivity index (χ2v) is 12.9. The number of allylic oxidation sites excluding steroid dienone is 12. The normalized spacial score (nSPS) is 12.8. The maximum Gasteiger partial charge on any atom is 0.306 e. The van der Waals surface area contributed by atoms with Crippen LogP contribution in [-0.4, -0.2) is 37.2 Å². The molecule has 0 saturated carbocycles. The number of esters is 3.